The van der Waals surface area contributed by atoms with Crippen LogP contribution in [0.15, 0.2) is 42.6 Å². The first-order valence-corrected chi connectivity index (χ1v) is 11.7. The standard InChI is InChI=1S/C25H28N4O5/c1-2-33-16-9-10-22-17(13-16)20(14-25(34-22)11-4-3-5-12-25)28-23(30)27-19-7-6-8-21-18(19)15-26-29(21)24(31)32/h6-10,13,15,20H,2-5,11-12,14H2,1H3,(H,31,32)(H2,27,28,30). The molecule has 1 fully saturated rings. The van der Waals surface area contributed by atoms with Crippen LogP contribution in [0.3, 0.4) is 0 Å². The Labute approximate surface area is 197 Å². The van der Waals surface area contributed by atoms with Crippen LogP contribution in [0.25, 0.3) is 10.9 Å². The highest BCUT2D eigenvalue weighted by Crippen LogP contribution is 2.47. The van der Waals surface area contributed by atoms with Crippen LogP contribution in [-0.4, -0.2) is 39.2 Å². The van der Waals surface area contributed by atoms with Crippen LogP contribution in [-0.2, 0) is 0 Å². The van der Waals surface area contributed by atoms with Gasteiger partial charge in [0.25, 0.3) is 0 Å². The zero-order valence-electron chi connectivity index (χ0n) is 19.0. The van der Waals surface area contributed by atoms with Gasteiger partial charge in [-0.25, -0.2) is 9.59 Å². The molecule has 2 aliphatic rings. The number of fused-ring (bicyclic) bond motifs is 2. The Morgan fingerprint density at radius 3 is 2.82 bits per heavy atom. The van der Waals surface area contributed by atoms with Crippen LogP contribution >= 0.6 is 0 Å². The fourth-order valence-corrected chi connectivity index (χ4v) is 5.17. The van der Waals surface area contributed by atoms with Gasteiger partial charge in [-0.05, 0) is 62.9 Å². The summed E-state index contributed by atoms with van der Waals surface area (Å²) in [6.45, 7) is 2.49. The highest BCUT2D eigenvalue weighted by molar-refractivity contribution is 6.02. The number of urea groups is 1. The second-order valence-corrected chi connectivity index (χ2v) is 8.91. The highest BCUT2D eigenvalue weighted by Gasteiger charge is 2.42. The van der Waals surface area contributed by atoms with Crippen molar-refractivity contribution >= 4 is 28.7 Å². The molecular weight excluding hydrogens is 436 g/mol. The van der Waals surface area contributed by atoms with E-state index in [9.17, 15) is 14.7 Å². The summed E-state index contributed by atoms with van der Waals surface area (Å²) in [4.78, 5) is 24.5. The summed E-state index contributed by atoms with van der Waals surface area (Å²) in [5.74, 6) is 1.52. The van der Waals surface area contributed by atoms with Crippen LogP contribution in [0.4, 0.5) is 15.3 Å². The van der Waals surface area contributed by atoms with Crippen molar-refractivity contribution in [3.63, 3.8) is 0 Å². The van der Waals surface area contributed by atoms with E-state index in [1.807, 2.05) is 25.1 Å². The number of hydrogen-bond acceptors (Lipinski definition) is 5. The zero-order valence-corrected chi connectivity index (χ0v) is 19.0. The van der Waals surface area contributed by atoms with Gasteiger partial charge >= 0.3 is 12.1 Å². The van der Waals surface area contributed by atoms with E-state index in [1.54, 1.807) is 18.2 Å². The monoisotopic (exact) mass is 464 g/mol. The van der Waals surface area contributed by atoms with E-state index >= 15 is 0 Å². The van der Waals surface area contributed by atoms with Gasteiger partial charge in [-0.15, -0.1) is 0 Å². The molecule has 9 nitrogen and oxygen atoms in total. The van der Waals surface area contributed by atoms with Crippen LogP contribution in [0.2, 0.25) is 0 Å². The number of aromatic nitrogens is 2. The molecule has 1 saturated carbocycles. The van der Waals surface area contributed by atoms with Crippen LogP contribution < -0.4 is 20.1 Å². The Bertz CT molecular complexity index is 1230. The molecule has 1 spiro atoms. The fourth-order valence-electron chi connectivity index (χ4n) is 5.17. The largest absolute Gasteiger partial charge is 0.494 e. The van der Waals surface area contributed by atoms with Gasteiger partial charge in [-0.2, -0.15) is 9.78 Å². The average molecular weight is 465 g/mol. The van der Waals surface area contributed by atoms with Gasteiger partial charge in [0, 0.05) is 17.4 Å². The number of nitrogens with zero attached hydrogens (tertiary/aromatic N) is 2. The van der Waals surface area contributed by atoms with Crippen molar-refractivity contribution in [3.05, 3.63) is 48.2 Å². The Hall–Kier alpha value is -3.75. The van der Waals surface area contributed by atoms with E-state index in [0.717, 1.165) is 47.4 Å². The summed E-state index contributed by atoms with van der Waals surface area (Å²) in [5.41, 5.74) is 1.52. The molecule has 3 aromatic rings. The van der Waals surface area contributed by atoms with Crippen molar-refractivity contribution in [2.45, 2.75) is 57.1 Å². The molecule has 34 heavy (non-hydrogen) atoms. The molecule has 9 heteroatoms. The molecule has 0 bridgehead atoms. The zero-order chi connectivity index (χ0) is 23.7. The molecule has 1 aliphatic carbocycles. The molecule has 178 valence electrons. The number of rotatable bonds is 4. The molecule has 1 aliphatic heterocycles. The summed E-state index contributed by atoms with van der Waals surface area (Å²) >= 11 is 0. The molecular formula is C25H28N4O5. The first-order chi connectivity index (χ1) is 16.5. The third kappa shape index (κ3) is 4.13. The lowest BCUT2D eigenvalue weighted by Gasteiger charge is -2.44. The summed E-state index contributed by atoms with van der Waals surface area (Å²) in [6.07, 6.45) is 6.30. The van der Waals surface area contributed by atoms with E-state index in [2.05, 4.69) is 15.7 Å². The van der Waals surface area contributed by atoms with E-state index in [-0.39, 0.29) is 17.7 Å². The Morgan fingerprint density at radius 1 is 1.24 bits per heavy atom. The number of nitrogens with one attached hydrogen (secondary N) is 2. The Kier molecular flexibility index (Phi) is 5.77. The minimum Gasteiger partial charge on any atom is -0.494 e. The second kappa shape index (κ2) is 8.89. The number of carbonyl (C=O) groups is 2. The van der Waals surface area contributed by atoms with Crippen LogP contribution in [0.1, 0.15) is 57.1 Å². The minimum absolute atomic E-state index is 0.247. The minimum atomic E-state index is -1.18. The first kappa shape index (κ1) is 22.1. The maximum absolute atomic E-state index is 13.1. The summed E-state index contributed by atoms with van der Waals surface area (Å²) in [5, 5.41) is 19.8. The Morgan fingerprint density at radius 2 is 2.06 bits per heavy atom. The molecule has 1 aromatic heterocycles. The van der Waals surface area contributed by atoms with Crippen molar-refractivity contribution in [2.75, 3.05) is 11.9 Å². The third-order valence-electron chi connectivity index (χ3n) is 6.68. The number of carboxylic acid groups (broad SMARTS) is 1. The number of benzene rings is 2. The summed E-state index contributed by atoms with van der Waals surface area (Å²) < 4.78 is 13.1. The van der Waals surface area contributed by atoms with E-state index < -0.39 is 6.09 Å². The molecule has 5 rings (SSSR count). The van der Waals surface area contributed by atoms with Crippen molar-refractivity contribution in [2.24, 2.45) is 0 Å². The summed E-state index contributed by atoms with van der Waals surface area (Å²) in [7, 11) is 0. The van der Waals surface area contributed by atoms with Gasteiger partial charge in [0.15, 0.2) is 0 Å². The number of amides is 2. The SMILES string of the molecule is CCOc1ccc2c(c1)C(NC(=O)Nc1cccc3c1cnn3C(=O)O)CC1(CCCCC1)O2. The molecule has 0 radical (unpaired) electrons. The van der Waals surface area contributed by atoms with Crippen molar-refractivity contribution in [1.29, 1.82) is 0 Å². The third-order valence-corrected chi connectivity index (χ3v) is 6.68. The van der Waals surface area contributed by atoms with Crippen LogP contribution in [0, 0.1) is 0 Å². The second-order valence-electron chi connectivity index (χ2n) is 8.91. The van der Waals surface area contributed by atoms with E-state index in [1.165, 1.54) is 12.6 Å². The maximum atomic E-state index is 13.1. The summed E-state index contributed by atoms with van der Waals surface area (Å²) in [6, 6.07) is 10.2. The highest BCUT2D eigenvalue weighted by atomic mass is 16.5. The maximum Gasteiger partial charge on any atom is 0.432 e. The molecule has 2 aromatic carbocycles. The predicted octanol–water partition coefficient (Wildman–Crippen LogP) is 5.31. The normalized spacial score (nSPS) is 18.7. The van der Waals surface area contributed by atoms with Gasteiger partial charge in [-0.1, -0.05) is 12.5 Å². The van der Waals surface area contributed by atoms with E-state index in [4.69, 9.17) is 9.47 Å². The quantitative estimate of drug-likeness (QED) is 0.482. The Balaban J connectivity index is 1.41. The van der Waals surface area contributed by atoms with Gasteiger partial charge in [0.1, 0.15) is 17.1 Å². The lowest BCUT2D eigenvalue weighted by molar-refractivity contribution is -0.00113. The van der Waals surface area contributed by atoms with E-state index in [0.29, 0.717) is 29.6 Å². The van der Waals surface area contributed by atoms with Crippen molar-refractivity contribution in [1.82, 2.24) is 15.1 Å². The van der Waals surface area contributed by atoms with Gasteiger partial charge < -0.3 is 25.2 Å². The topological polar surface area (TPSA) is 115 Å². The molecule has 2 amide bonds. The number of ether oxygens (including phenoxy) is 2. The molecule has 0 saturated heterocycles. The molecule has 3 N–H and O–H groups in total. The van der Waals surface area contributed by atoms with Crippen LogP contribution in [0.5, 0.6) is 11.5 Å². The number of hydrogen-bond donors (Lipinski definition) is 3. The van der Waals surface area contributed by atoms with Gasteiger partial charge in [-0.3, -0.25) is 0 Å². The smallest absolute Gasteiger partial charge is 0.432 e. The van der Waals surface area contributed by atoms with Crippen molar-refractivity contribution in [3.8, 4) is 11.5 Å². The first-order valence-electron chi connectivity index (χ1n) is 11.7. The van der Waals surface area contributed by atoms with Gasteiger partial charge in [0.05, 0.1) is 30.0 Å². The number of carbonyl (C=O) groups excluding carboxylic acids is 1. The number of anilines is 1. The lowest BCUT2D eigenvalue weighted by Crippen LogP contribution is -2.47. The average Bonchev–Trinajstić information content (AvgIpc) is 3.26. The fraction of sp³-hybridized carbons (Fsp3) is 0.400. The lowest BCUT2D eigenvalue weighted by atomic mass is 9.77. The van der Waals surface area contributed by atoms with Gasteiger partial charge in [0.2, 0.25) is 0 Å². The molecule has 1 unspecified atom stereocenters. The predicted molar refractivity (Wildman–Crippen MR) is 127 cm³/mol. The van der Waals surface area contributed by atoms with Crippen molar-refractivity contribution < 1.29 is 24.2 Å². The molecule has 1 atom stereocenters. The molecule has 2 heterocycles.